The molecule has 0 N–H and O–H groups in total. The smallest absolute Gasteiger partial charge is 0.227 e. The first-order valence-corrected chi connectivity index (χ1v) is 11.9. The van der Waals surface area contributed by atoms with Gasteiger partial charge in [-0.15, -0.1) is 24.8 Å². The lowest BCUT2D eigenvalue weighted by atomic mass is 9.87. The fraction of sp³-hybridized carbons (Fsp3) is 0.519. The average molecular weight is 526 g/mol. The van der Waals surface area contributed by atoms with Crippen molar-refractivity contribution in [2.24, 2.45) is 0 Å². The molecule has 0 spiro atoms. The largest absolute Gasteiger partial charge is 0.497 e. The summed E-state index contributed by atoms with van der Waals surface area (Å²) in [5, 5.41) is 0. The molecular weight excluding hydrogens is 487 g/mol. The number of aryl methyl sites for hydroxylation is 1. The summed E-state index contributed by atoms with van der Waals surface area (Å²) < 4.78 is 16.2. The number of rotatable bonds is 8. The molecular formula is C27H38Cl2N2O4. The maximum Gasteiger partial charge on any atom is 0.227 e. The molecule has 1 heterocycles. The molecule has 1 aliphatic carbocycles. The number of fused-ring (bicyclic) bond motifs is 2. The number of nitrogens with zero attached hydrogens (tertiary/aromatic N) is 2. The van der Waals surface area contributed by atoms with E-state index in [1.807, 2.05) is 17.0 Å². The lowest BCUT2D eigenvalue weighted by molar-refractivity contribution is -0.130. The Kier molecular flexibility index (Phi) is 11.0. The lowest BCUT2D eigenvalue weighted by Crippen LogP contribution is -2.39. The summed E-state index contributed by atoms with van der Waals surface area (Å²) in [5.74, 6) is 2.56. The zero-order valence-electron chi connectivity index (χ0n) is 21.2. The third-order valence-electron chi connectivity index (χ3n) is 7.23. The lowest BCUT2D eigenvalue weighted by Gasteiger charge is -2.33. The van der Waals surface area contributed by atoms with Gasteiger partial charge in [-0.2, -0.15) is 0 Å². The summed E-state index contributed by atoms with van der Waals surface area (Å²) >= 11 is 0. The zero-order chi connectivity index (χ0) is 23.4. The highest BCUT2D eigenvalue weighted by Gasteiger charge is 2.24. The maximum atomic E-state index is 12.9. The molecule has 4 rings (SSSR count). The van der Waals surface area contributed by atoms with E-state index in [9.17, 15) is 4.79 Å². The van der Waals surface area contributed by atoms with E-state index >= 15 is 0 Å². The Labute approximate surface area is 221 Å². The Morgan fingerprint density at radius 2 is 1.60 bits per heavy atom. The van der Waals surface area contributed by atoms with Crippen LogP contribution in [-0.2, 0) is 30.5 Å². The van der Waals surface area contributed by atoms with Crippen molar-refractivity contribution in [1.29, 1.82) is 0 Å². The number of methoxy groups -OCH3 is 3. The summed E-state index contributed by atoms with van der Waals surface area (Å²) in [7, 11) is 7.23. The van der Waals surface area contributed by atoms with E-state index in [0.29, 0.717) is 18.2 Å². The molecule has 2 aliphatic rings. The Bertz CT molecular complexity index is 1000. The first-order chi connectivity index (χ1) is 16.0. The van der Waals surface area contributed by atoms with Crippen molar-refractivity contribution < 1.29 is 19.0 Å². The molecule has 35 heavy (non-hydrogen) atoms. The minimum Gasteiger partial charge on any atom is -0.497 e. The van der Waals surface area contributed by atoms with Gasteiger partial charge in [-0.05, 0) is 92.2 Å². The number of amides is 1. The summed E-state index contributed by atoms with van der Waals surface area (Å²) in [6.07, 6.45) is 5.60. The fourth-order valence-corrected chi connectivity index (χ4v) is 5.16. The van der Waals surface area contributed by atoms with Crippen molar-refractivity contribution in [3.8, 4) is 17.2 Å². The molecule has 1 atom stereocenters. The van der Waals surface area contributed by atoms with Crippen LogP contribution in [0.4, 0.5) is 0 Å². The molecule has 0 fully saturated rings. The topological polar surface area (TPSA) is 51.2 Å². The summed E-state index contributed by atoms with van der Waals surface area (Å²) in [5.41, 5.74) is 5.08. The third-order valence-corrected chi connectivity index (χ3v) is 7.23. The number of benzene rings is 2. The maximum absolute atomic E-state index is 12.9. The fourth-order valence-electron chi connectivity index (χ4n) is 5.16. The number of hydrogen-bond acceptors (Lipinski definition) is 5. The molecule has 2 aromatic rings. The number of ether oxygens (including phenoxy) is 3. The van der Waals surface area contributed by atoms with Gasteiger partial charge < -0.3 is 24.0 Å². The van der Waals surface area contributed by atoms with Gasteiger partial charge in [-0.25, -0.2) is 0 Å². The van der Waals surface area contributed by atoms with E-state index in [-0.39, 0.29) is 30.7 Å². The Morgan fingerprint density at radius 1 is 0.914 bits per heavy atom. The highest BCUT2D eigenvalue weighted by atomic mass is 35.5. The van der Waals surface area contributed by atoms with Crippen LogP contribution in [0.15, 0.2) is 30.3 Å². The second-order valence-electron chi connectivity index (χ2n) is 9.15. The third kappa shape index (κ3) is 6.75. The van der Waals surface area contributed by atoms with Crippen molar-refractivity contribution in [2.75, 3.05) is 48.0 Å². The second-order valence-corrected chi connectivity index (χ2v) is 9.15. The van der Waals surface area contributed by atoms with Crippen LogP contribution >= 0.6 is 24.8 Å². The van der Waals surface area contributed by atoms with Crippen LogP contribution in [0.25, 0.3) is 0 Å². The molecule has 0 radical (unpaired) electrons. The molecule has 1 aliphatic heterocycles. The first kappa shape index (κ1) is 29.1. The van der Waals surface area contributed by atoms with E-state index in [4.69, 9.17) is 14.2 Å². The molecule has 0 saturated carbocycles. The number of hydrogen-bond donors (Lipinski definition) is 0. The van der Waals surface area contributed by atoms with Crippen LogP contribution in [-0.4, -0.2) is 69.8 Å². The van der Waals surface area contributed by atoms with Crippen molar-refractivity contribution >= 4 is 30.7 Å². The van der Waals surface area contributed by atoms with Gasteiger partial charge in [0.15, 0.2) is 11.5 Å². The van der Waals surface area contributed by atoms with Gasteiger partial charge in [0.05, 0.1) is 27.8 Å². The van der Waals surface area contributed by atoms with Gasteiger partial charge in [0.1, 0.15) is 5.75 Å². The molecule has 0 aromatic heterocycles. The second kappa shape index (κ2) is 13.2. The van der Waals surface area contributed by atoms with Crippen molar-refractivity contribution in [1.82, 2.24) is 9.80 Å². The van der Waals surface area contributed by atoms with Crippen LogP contribution in [0.1, 0.15) is 35.1 Å². The molecule has 0 bridgehead atoms. The summed E-state index contributed by atoms with van der Waals surface area (Å²) in [6.45, 7) is 2.55. The standard InChI is InChI=1S/C27H36N2O4.2ClH/c1-28(23-8-6-20-15-24(31-2)9-7-19(20)14-23)11-5-12-29-13-10-21-16-25(32-3)26(33-4)17-22(21)18-27(29)30;;/h7,9,15-17,23H,5-6,8,10-14,18H2,1-4H3;2*1H. The average Bonchev–Trinajstić information content (AvgIpc) is 2.99. The molecule has 8 heteroatoms. The van der Waals surface area contributed by atoms with Gasteiger partial charge in [0.25, 0.3) is 0 Å². The van der Waals surface area contributed by atoms with E-state index in [1.54, 1.807) is 21.3 Å². The van der Waals surface area contributed by atoms with E-state index in [1.165, 1.54) is 16.7 Å². The first-order valence-electron chi connectivity index (χ1n) is 11.9. The number of carbonyl (C=O) groups is 1. The molecule has 2 aromatic carbocycles. The van der Waals surface area contributed by atoms with Crippen LogP contribution in [0, 0.1) is 0 Å². The predicted molar refractivity (Wildman–Crippen MR) is 144 cm³/mol. The van der Waals surface area contributed by atoms with Gasteiger partial charge in [-0.3, -0.25) is 4.79 Å². The molecule has 1 unspecified atom stereocenters. The number of likely N-dealkylation sites (N-methyl/N-ethyl adjacent to an activating group) is 1. The SMILES string of the molecule is COc1ccc2c(c1)CCC(N(C)CCCN1CCc3cc(OC)c(OC)cc3CC1=O)C2.Cl.Cl. The minimum atomic E-state index is 0. The van der Waals surface area contributed by atoms with E-state index in [2.05, 4.69) is 30.1 Å². The Morgan fingerprint density at radius 3 is 2.29 bits per heavy atom. The molecule has 0 saturated heterocycles. The van der Waals surface area contributed by atoms with Gasteiger partial charge in [0, 0.05) is 19.1 Å². The van der Waals surface area contributed by atoms with Crippen molar-refractivity contribution in [2.45, 2.75) is 44.6 Å². The van der Waals surface area contributed by atoms with Crippen LogP contribution in [0.2, 0.25) is 0 Å². The monoisotopic (exact) mass is 524 g/mol. The number of halogens is 2. The van der Waals surface area contributed by atoms with Crippen molar-refractivity contribution in [3.63, 3.8) is 0 Å². The molecule has 6 nitrogen and oxygen atoms in total. The van der Waals surface area contributed by atoms with Gasteiger partial charge in [-0.1, -0.05) is 6.07 Å². The highest BCUT2D eigenvalue weighted by molar-refractivity contribution is 5.85. The van der Waals surface area contributed by atoms with Crippen LogP contribution in [0.3, 0.4) is 0 Å². The summed E-state index contributed by atoms with van der Waals surface area (Å²) in [4.78, 5) is 17.4. The van der Waals surface area contributed by atoms with E-state index in [0.717, 1.165) is 68.8 Å². The zero-order valence-corrected chi connectivity index (χ0v) is 22.8. The minimum absolute atomic E-state index is 0. The Hall–Kier alpha value is -2.15. The molecule has 1 amide bonds. The van der Waals surface area contributed by atoms with Crippen LogP contribution in [0.5, 0.6) is 17.2 Å². The van der Waals surface area contributed by atoms with Crippen LogP contribution < -0.4 is 14.2 Å². The predicted octanol–water partition coefficient (Wildman–Crippen LogP) is 4.36. The molecule has 194 valence electrons. The van der Waals surface area contributed by atoms with Gasteiger partial charge in [0.2, 0.25) is 5.91 Å². The summed E-state index contributed by atoms with van der Waals surface area (Å²) in [6, 6.07) is 11.0. The van der Waals surface area contributed by atoms with Gasteiger partial charge >= 0.3 is 0 Å². The quantitative estimate of drug-likeness (QED) is 0.513. The highest BCUT2D eigenvalue weighted by Crippen LogP contribution is 2.32. The van der Waals surface area contributed by atoms with E-state index < -0.39 is 0 Å². The Balaban J connectivity index is 0.00000216. The van der Waals surface area contributed by atoms with Crippen molar-refractivity contribution in [3.05, 3.63) is 52.6 Å². The number of carbonyl (C=O) groups excluding carboxylic acids is 1. The normalized spacial score (nSPS) is 16.9.